The minimum absolute atomic E-state index is 0.507. The first kappa shape index (κ1) is 7.64. The van der Waals surface area contributed by atoms with Gasteiger partial charge in [-0.1, -0.05) is 0 Å². The average Bonchev–Trinajstić information content (AvgIpc) is 1.35. The Morgan fingerprint density at radius 1 is 1.33 bits per heavy atom. The Morgan fingerprint density at radius 3 is 1.50 bits per heavy atom. The van der Waals surface area contributed by atoms with Crippen molar-refractivity contribution in [3.8, 4) is 0 Å². The zero-order valence-electron chi connectivity index (χ0n) is 3.52. The Balaban J connectivity index is 3.17. The summed E-state index contributed by atoms with van der Waals surface area (Å²) in [6.45, 7) is 0.854. The fraction of sp³-hybridized carbons (Fsp3) is 1.00. The molecular weight excluding hydrogens is 263 g/mol. The Morgan fingerprint density at radius 2 is 1.50 bits per heavy atom. The summed E-state index contributed by atoms with van der Waals surface area (Å²) in [6, 6.07) is 0. The van der Waals surface area contributed by atoms with Crippen LogP contribution in [-0.4, -0.2) is 57.1 Å². The van der Waals surface area contributed by atoms with E-state index in [0.717, 1.165) is 6.54 Å². The van der Waals surface area contributed by atoms with E-state index in [1.165, 1.54) is 0 Å². The van der Waals surface area contributed by atoms with Crippen molar-refractivity contribution in [2.45, 2.75) is 1.78 Å². The fourth-order valence-electron chi connectivity index (χ4n) is 0. The molecule has 6 heavy (non-hydrogen) atoms. The molecule has 0 radical (unpaired) electrons. The summed E-state index contributed by atoms with van der Waals surface area (Å²) in [5.74, 6) is 0. The maximum absolute atomic E-state index is 5.35. The van der Waals surface area contributed by atoms with Gasteiger partial charge in [0.2, 0.25) is 0 Å². The van der Waals surface area contributed by atoms with Gasteiger partial charge >= 0.3 is 64.6 Å². The van der Waals surface area contributed by atoms with E-state index in [4.69, 9.17) is 5.73 Å². The van der Waals surface area contributed by atoms with Crippen LogP contribution in [0.25, 0.3) is 0 Å². The van der Waals surface area contributed by atoms with E-state index in [-0.39, 0.29) is 0 Å². The summed E-state index contributed by atoms with van der Waals surface area (Å²) in [5.41, 5.74) is 5.35. The molecular formula is C2H10As3N. The molecule has 0 aromatic rings. The number of nitrogens with two attached hydrogens (primary N) is 1. The summed E-state index contributed by atoms with van der Waals surface area (Å²) >= 11 is 5.29. The first-order chi connectivity index (χ1) is 2.56. The van der Waals surface area contributed by atoms with E-state index in [9.17, 15) is 0 Å². The molecule has 0 saturated carbocycles. The molecule has 0 bridgehead atoms. The van der Waals surface area contributed by atoms with E-state index < -0.39 is 0 Å². The molecule has 0 aliphatic carbocycles. The second-order valence-electron chi connectivity index (χ2n) is 1.32. The molecule has 0 fully saturated rings. The van der Waals surface area contributed by atoms with Gasteiger partial charge in [-0.25, -0.2) is 0 Å². The van der Waals surface area contributed by atoms with E-state index in [2.05, 4.69) is 0 Å². The molecule has 3 atom stereocenters. The Kier molecular flexibility index (Phi) is 3.60. The van der Waals surface area contributed by atoms with Crippen LogP contribution in [0.15, 0.2) is 0 Å². The van der Waals surface area contributed by atoms with Crippen LogP contribution >= 0.6 is 0 Å². The molecule has 0 spiro atoms. The van der Waals surface area contributed by atoms with Crippen molar-refractivity contribution in [3.05, 3.63) is 0 Å². The molecule has 38 valence electrons. The Hall–Kier alpha value is 1.64. The zero-order valence-corrected chi connectivity index (χ0v) is 10.8. The quantitative estimate of drug-likeness (QED) is 0.504. The van der Waals surface area contributed by atoms with Gasteiger partial charge in [0.25, 0.3) is 0 Å². The SMILES string of the molecule is NCC([AsH2])([AsH2])[AsH2]. The van der Waals surface area contributed by atoms with E-state index in [1.54, 1.807) is 50.6 Å². The van der Waals surface area contributed by atoms with Crippen LogP contribution in [0.3, 0.4) is 0 Å². The normalized spacial score (nSPS) is 12.0. The molecule has 3 unspecified atom stereocenters. The van der Waals surface area contributed by atoms with Crippen LogP contribution in [0.5, 0.6) is 0 Å². The van der Waals surface area contributed by atoms with Crippen LogP contribution < -0.4 is 5.73 Å². The molecule has 0 aromatic heterocycles. The maximum atomic E-state index is 5.35. The summed E-state index contributed by atoms with van der Waals surface area (Å²) in [7, 11) is 0. The van der Waals surface area contributed by atoms with Gasteiger partial charge in [0.1, 0.15) is 0 Å². The fourth-order valence-corrected chi connectivity index (χ4v) is 0. The minimum atomic E-state index is 0.507. The third-order valence-electron chi connectivity index (χ3n) is 0.354. The zero-order chi connectivity index (χ0) is 5.21. The third-order valence-corrected chi connectivity index (χ3v) is 1.84. The molecule has 0 saturated heterocycles. The van der Waals surface area contributed by atoms with Gasteiger partial charge in [0.05, 0.1) is 0 Å². The van der Waals surface area contributed by atoms with Crippen LogP contribution in [0.2, 0.25) is 1.78 Å². The molecule has 0 aromatic carbocycles. The standard InChI is InChI=1S/C2H10As3N/c3-2(4,5)1-6/h1,3-6H2. The van der Waals surface area contributed by atoms with Crippen molar-refractivity contribution >= 4 is 50.6 Å². The van der Waals surface area contributed by atoms with Crippen LogP contribution in [0.4, 0.5) is 0 Å². The van der Waals surface area contributed by atoms with Crippen molar-refractivity contribution in [2.75, 3.05) is 6.54 Å². The molecule has 0 aliphatic heterocycles. The summed E-state index contributed by atoms with van der Waals surface area (Å²) in [5, 5.41) is 0. The van der Waals surface area contributed by atoms with Gasteiger partial charge in [-0.15, -0.1) is 0 Å². The topological polar surface area (TPSA) is 26.0 Å². The van der Waals surface area contributed by atoms with Crippen molar-refractivity contribution in [1.29, 1.82) is 0 Å². The van der Waals surface area contributed by atoms with Crippen LogP contribution in [-0.2, 0) is 0 Å². The summed E-state index contributed by atoms with van der Waals surface area (Å²) < 4.78 is 0.507. The van der Waals surface area contributed by atoms with Gasteiger partial charge in [0.15, 0.2) is 0 Å². The first-order valence-corrected chi connectivity index (χ1v) is 5.26. The number of rotatable bonds is 1. The van der Waals surface area contributed by atoms with Gasteiger partial charge in [-0.2, -0.15) is 0 Å². The van der Waals surface area contributed by atoms with Crippen LogP contribution in [0, 0.1) is 0 Å². The predicted molar refractivity (Wildman–Crippen MR) is 37.4 cm³/mol. The molecule has 0 rings (SSSR count). The molecule has 0 amide bonds. The Labute approximate surface area is 64.3 Å². The van der Waals surface area contributed by atoms with Crippen molar-refractivity contribution in [1.82, 2.24) is 0 Å². The van der Waals surface area contributed by atoms with Gasteiger partial charge < -0.3 is 0 Å². The van der Waals surface area contributed by atoms with Gasteiger partial charge in [0, 0.05) is 0 Å². The average molecular weight is 273 g/mol. The monoisotopic (exact) mass is 273 g/mol. The predicted octanol–water partition coefficient (Wildman–Crippen LogP) is -3.08. The molecule has 4 heteroatoms. The number of hydrogen-bond donors (Lipinski definition) is 1. The third kappa shape index (κ3) is 5.64. The van der Waals surface area contributed by atoms with E-state index >= 15 is 0 Å². The molecule has 2 N–H and O–H groups in total. The van der Waals surface area contributed by atoms with Crippen molar-refractivity contribution in [3.63, 3.8) is 0 Å². The second kappa shape index (κ2) is 2.83. The van der Waals surface area contributed by atoms with Gasteiger partial charge in [-0.05, 0) is 0 Å². The van der Waals surface area contributed by atoms with Crippen molar-refractivity contribution in [2.24, 2.45) is 5.73 Å². The van der Waals surface area contributed by atoms with Crippen LogP contribution in [0.1, 0.15) is 0 Å². The van der Waals surface area contributed by atoms with Crippen molar-refractivity contribution < 1.29 is 0 Å². The molecule has 0 aliphatic rings. The second-order valence-corrected chi connectivity index (χ2v) is 16.9. The first-order valence-electron chi connectivity index (χ1n) is 1.63. The molecule has 1 nitrogen and oxygen atoms in total. The van der Waals surface area contributed by atoms with E-state index in [1.807, 2.05) is 0 Å². The van der Waals surface area contributed by atoms with E-state index in [0.29, 0.717) is 1.78 Å². The summed E-state index contributed by atoms with van der Waals surface area (Å²) in [6.07, 6.45) is 0. The van der Waals surface area contributed by atoms with Gasteiger partial charge in [-0.3, -0.25) is 0 Å². The number of hydrogen-bond acceptors (Lipinski definition) is 1. The molecule has 0 heterocycles. The summed E-state index contributed by atoms with van der Waals surface area (Å²) in [4.78, 5) is 0. The Bertz CT molecular complexity index is 38.5.